The summed E-state index contributed by atoms with van der Waals surface area (Å²) in [5.41, 5.74) is 0.553. The smallest absolute Gasteiger partial charge is 0.257 e. The van der Waals surface area contributed by atoms with Crippen LogP contribution < -0.4 is 4.74 Å². The van der Waals surface area contributed by atoms with Crippen molar-refractivity contribution in [2.45, 2.75) is 45.1 Å². The number of morpholine rings is 1. The van der Waals surface area contributed by atoms with Gasteiger partial charge in [0.15, 0.2) is 0 Å². The summed E-state index contributed by atoms with van der Waals surface area (Å²) in [6.07, 6.45) is 1.69. The first-order valence-corrected chi connectivity index (χ1v) is 11.6. The number of hydrogen-bond donors (Lipinski definition) is 1. The first-order valence-electron chi connectivity index (χ1n) is 11.6. The van der Waals surface area contributed by atoms with E-state index in [1.807, 2.05) is 36.1 Å². The molecule has 1 N–H and O–H groups in total. The first-order chi connectivity index (χ1) is 16.0. The fourth-order valence-corrected chi connectivity index (χ4v) is 3.98. The highest BCUT2D eigenvalue weighted by molar-refractivity contribution is 5.97. The molecule has 1 aliphatic heterocycles. The Balaban J connectivity index is 1.55. The quantitative estimate of drug-likeness (QED) is 0.521. The van der Waals surface area contributed by atoms with E-state index in [-0.39, 0.29) is 24.7 Å². The molecule has 33 heavy (non-hydrogen) atoms. The van der Waals surface area contributed by atoms with E-state index in [9.17, 15) is 9.90 Å². The van der Waals surface area contributed by atoms with E-state index >= 15 is 0 Å². The summed E-state index contributed by atoms with van der Waals surface area (Å²) in [4.78, 5) is 17.4. The Labute approximate surface area is 196 Å². The number of methoxy groups -OCH3 is 1. The third-order valence-corrected chi connectivity index (χ3v) is 5.95. The summed E-state index contributed by atoms with van der Waals surface area (Å²) >= 11 is 0. The standard InChI is InChI=1S/C25H36N2O6/c1-4-19(2)27(25(29)23-9-5-6-10-24(23)30-3)16-22-15-26(11-13-33-22)14-20(28)17-31-18-21-8-7-12-32-21/h5-10,12,19-20,22,28H,4,11,13-18H2,1-3H3/t19-,20+,22+/m0/s1. The number of carbonyl (C=O) groups excluding carboxylic acids is 1. The molecule has 0 unspecified atom stereocenters. The van der Waals surface area contributed by atoms with Gasteiger partial charge in [-0.3, -0.25) is 9.69 Å². The van der Waals surface area contributed by atoms with Crippen LogP contribution in [-0.2, 0) is 16.1 Å². The molecule has 2 aromatic rings. The normalized spacial score (nSPS) is 18.6. The van der Waals surface area contributed by atoms with Crippen LogP contribution in [0.3, 0.4) is 0 Å². The maximum Gasteiger partial charge on any atom is 0.257 e. The van der Waals surface area contributed by atoms with Crippen LogP contribution in [0.15, 0.2) is 47.1 Å². The van der Waals surface area contributed by atoms with Gasteiger partial charge in [0.1, 0.15) is 18.1 Å². The number of aliphatic hydroxyl groups is 1. The molecular formula is C25H36N2O6. The summed E-state index contributed by atoms with van der Waals surface area (Å²) in [6, 6.07) is 11.0. The maximum absolute atomic E-state index is 13.4. The van der Waals surface area contributed by atoms with Gasteiger partial charge in [-0.15, -0.1) is 0 Å². The second kappa shape index (κ2) is 12.7. The molecule has 3 rings (SSSR count). The minimum atomic E-state index is -0.611. The molecule has 1 aliphatic rings. The molecule has 182 valence electrons. The van der Waals surface area contributed by atoms with Crippen LogP contribution in [0.4, 0.5) is 0 Å². The van der Waals surface area contributed by atoms with Gasteiger partial charge >= 0.3 is 0 Å². The Kier molecular flexibility index (Phi) is 9.75. The van der Waals surface area contributed by atoms with Crippen LogP contribution in [-0.4, -0.2) is 85.6 Å². The van der Waals surface area contributed by atoms with Gasteiger partial charge in [-0.25, -0.2) is 0 Å². The zero-order chi connectivity index (χ0) is 23.6. The number of amides is 1. The second-order valence-corrected chi connectivity index (χ2v) is 8.42. The van der Waals surface area contributed by atoms with Crippen LogP contribution in [0.1, 0.15) is 36.4 Å². The van der Waals surface area contributed by atoms with Crippen molar-refractivity contribution in [3.05, 3.63) is 54.0 Å². The van der Waals surface area contributed by atoms with Gasteiger partial charge in [-0.1, -0.05) is 19.1 Å². The molecule has 8 nitrogen and oxygen atoms in total. The largest absolute Gasteiger partial charge is 0.496 e. The first kappa shape index (κ1) is 25.2. The summed E-state index contributed by atoms with van der Waals surface area (Å²) < 4.78 is 22.2. The van der Waals surface area contributed by atoms with Crippen LogP contribution >= 0.6 is 0 Å². The Bertz CT molecular complexity index is 843. The third-order valence-electron chi connectivity index (χ3n) is 5.95. The number of rotatable bonds is 12. The topological polar surface area (TPSA) is 84.6 Å². The fraction of sp³-hybridized carbons (Fsp3) is 0.560. The highest BCUT2D eigenvalue weighted by Gasteiger charge is 2.29. The molecule has 0 bridgehead atoms. The van der Waals surface area contributed by atoms with Crippen LogP contribution in [0, 0.1) is 0 Å². The zero-order valence-corrected chi connectivity index (χ0v) is 19.8. The van der Waals surface area contributed by atoms with Crippen molar-refractivity contribution in [1.82, 2.24) is 9.80 Å². The van der Waals surface area contributed by atoms with Gasteiger partial charge in [0.05, 0.1) is 44.4 Å². The predicted octanol–water partition coefficient (Wildman–Crippen LogP) is 2.81. The lowest BCUT2D eigenvalue weighted by Crippen LogP contribution is -2.52. The van der Waals surface area contributed by atoms with Crippen LogP contribution in [0.25, 0.3) is 0 Å². The number of nitrogens with zero attached hydrogens (tertiary/aromatic N) is 2. The van der Waals surface area contributed by atoms with Gasteiger partial charge in [-0.2, -0.15) is 0 Å². The molecule has 0 radical (unpaired) electrons. The lowest BCUT2D eigenvalue weighted by atomic mass is 10.1. The second-order valence-electron chi connectivity index (χ2n) is 8.42. The Morgan fingerprint density at radius 1 is 1.30 bits per heavy atom. The van der Waals surface area contributed by atoms with Crippen molar-refractivity contribution in [1.29, 1.82) is 0 Å². The van der Waals surface area contributed by atoms with E-state index in [2.05, 4.69) is 11.8 Å². The van der Waals surface area contributed by atoms with E-state index in [4.69, 9.17) is 18.6 Å². The van der Waals surface area contributed by atoms with Crippen molar-refractivity contribution in [3.8, 4) is 5.75 Å². The number of benzene rings is 1. The summed E-state index contributed by atoms with van der Waals surface area (Å²) in [7, 11) is 1.57. The summed E-state index contributed by atoms with van der Waals surface area (Å²) in [6.45, 7) is 7.58. The average Bonchev–Trinajstić information content (AvgIpc) is 3.35. The number of ether oxygens (including phenoxy) is 3. The van der Waals surface area contributed by atoms with E-state index < -0.39 is 6.10 Å². The number of furan rings is 1. The Hall–Kier alpha value is -2.39. The number of β-amino-alcohol motifs (C(OH)–C–C–N with tert-alkyl or cyclic N) is 1. The molecule has 2 heterocycles. The molecule has 8 heteroatoms. The van der Waals surface area contributed by atoms with E-state index in [0.29, 0.717) is 44.2 Å². The summed E-state index contributed by atoms with van der Waals surface area (Å²) in [5.74, 6) is 1.24. The van der Waals surface area contributed by atoms with Crippen molar-refractivity contribution >= 4 is 5.91 Å². The fourth-order valence-electron chi connectivity index (χ4n) is 3.98. The lowest BCUT2D eigenvalue weighted by molar-refractivity contribution is -0.0626. The highest BCUT2D eigenvalue weighted by Crippen LogP contribution is 2.22. The molecule has 1 saturated heterocycles. The van der Waals surface area contributed by atoms with Crippen molar-refractivity contribution < 1.29 is 28.5 Å². The number of carbonyl (C=O) groups is 1. The SMILES string of the molecule is CC[C@H](C)N(C[C@H]1CN(C[C@@H](O)COCc2ccco2)CCO1)C(=O)c1ccccc1OC. The zero-order valence-electron chi connectivity index (χ0n) is 19.8. The Morgan fingerprint density at radius 3 is 2.85 bits per heavy atom. The van der Waals surface area contributed by atoms with E-state index in [1.54, 1.807) is 25.5 Å². The molecule has 0 spiro atoms. The Morgan fingerprint density at radius 2 is 2.12 bits per heavy atom. The minimum absolute atomic E-state index is 0.0574. The van der Waals surface area contributed by atoms with Crippen LogP contribution in [0.2, 0.25) is 0 Å². The van der Waals surface area contributed by atoms with Crippen molar-refractivity contribution in [2.75, 3.05) is 46.5 Å². The van der Waals surface area contributed by atoms with Crippen molar-refractivity contribution in [3.63, 3.8) is 0 Å². The van der Waals surface area contributed by atoms with E-state index in [1.165, 1.54) is 0 Å². The minimum Gasteiger partial charge on any atom is -0.496 e. The van der Waals surface area contributed by atoms with Gasteiger partial charge < -0.3 is 28.6 Å². The van der Waals surface area contributed by atoms with Gasteiger partial charge in [0.25, 0.3) is 5.91 Å². The molecule has 1 fully saturated rings. The molecule has 0 saturated carbocycles. The lowest BCUT2D eigenvalue weighted by Gasteiger charge is -2.38. The van der Waals surface area contributed by atoms with Gasteiger partial charge in [0.2, 0.25) is 0 Å². The molecule has 1 aromatic carbocycles. The van der Waals surface area contributed by atoms with Crippen LogP contribution in [0.5, 0.6) is 5.75 Å². The third kappa shape index (κ3) is 7.30. The van der Waals surface area contributed by atoms with Gasteiger partial charge in [-0.05, 0) is 37.6 Å². The monoisotopic (exact) mass is 460 g/mol. The molecule has 1 aromatic heterocycles. The van der Waals surface area contributed by atoms with Gasteiger partial charge in [0, 0.05) is 32.2 Å². The number of hydrogen-bond acceptors (Lipinski definition) is 7. The molecular weight excluding hydrogens is 424 g/mol. The summed E-state index contributed by atoms with van der Waals surface area (Å²) in [5, 5.41) is 10.4. The molecule has 1 amide bonds. The number of para-hydroxylation sites is 1. The molecule has 3 atom stereocenters. The van der Waals surface area contributed by atoms with E-state index in [0.717, 1.165) is 18.7 Å². The highest BCUT2D eigenvalue weighted by atomic mass is 16.5. The average molecular weight is 461 g/mol. The number of aliphatic hydroxyl groups excluding tert-OH is 1. The predicted molar refractivity (Wildman–Crippen MR) is 124 cm³/mol. The maximum atomic E-state index is 13.4. The molecule has 0 aliphatic carbocycles. The van der Waals surface area contributed by atoms with Crippen molar-refractivity contribution in [2.24, 2.45) is 0 Å².